The van der Waals surface area contributed by atoms with Gasteiger partial charge in [-0.3, -0.25) is 0 Å². The van der Waals surface area contributed by atoms with E-state index in [1.807, 2.05) is 18.5 Å². The Morgan fingerprint density at radius 2 is 2.50 bits per heavy atom. The minimum atomic E-state index is 0.996. The van der Waals surface area contributed by atoms with Gasteiger partial charge in [0, 0.05) is 12.5 Å². The Balaban J connectivity index is 2.36. The van der Waals surface area contributed by atoms with E-state index in [9.17, 15) is 0 Å². The summed E-state index contributed by atoms with van der Waals surface area (Å²) < 4.78 is 0. The van der Waals surface area contributed by atoms with Crippen LogP contribution in [0.2, 0.25) is 0 Å². The molecule has 1 radical (unpaired) electrons. The second-order valence-electron chi connectivity index (χ2n) is 2.28. The summed E-state index contributed by atoms with van der Waals surface area (Å²) in [4.78, 5) is 4.02. The van der Waals surface area contributed by atoms with Gasteiger partial charge < -0.3 is 5.32 Å². The van der Waals surface area contributed by atoms with E-state index in [1.54, 1.807) is 6.20 Å². The van der Waals surface area contributed by atoms with Crippen molar-refractivity contribution in [3.8, 4) is 0 Å². The fraction of sp³-hybridized carbons (Fsp3) is 0.125. The van der Waals surface area contributed by atoms with E-state index in [-0.39, 0.29) is 0 Å². The molecule has 0 aromatic carbocycles. The zero-order valence-electron chi connectivity index (χ0n) is 5.54. The van der Waals surface area contributed by atoms with Crippen LogP contribution in [0.15, 0.2) is 35.8 Å². The van der Waals surface area contributed by atoms with Crippen molar-refractivity contribution >= 4 is 6.21 Å². The molecule has 0 aromatic heterocycles. The van der Waals surface area contributed by atoms with Gasteiger partial charge in [0.1, 0.15) is 0 Å². The Bertz CT molecular complexity index is 230. The third kappa shape index (κ3) is 0.778. The maximum absolute atomic E-state index is 4.02. The first-order chi connectivity index (χ1) is 4.97. The average molecular weight is 132 g/mol. The van der Waals surface area contributed by atoms with Crippen LogP contribution in [-0.2, 0) is 0 Å². The highest BCUT2D eigenvalue weighted by atomic mass is 14.9. The number of rotatable bonds is 0. The molecular formula is C8H8N2+. The molecule has 0 spiro atoms. The molecule has 49 valence electrons. The van der Waals surface area contributed by atoms with Gasteiger partial charge in [0.15, 0.2) is 0 Å². The highest BCUT2D eigenvalue weighted by Crippen LogP contribution is 2.11. The van der Waals surface area contributed by atoms with E-state index in [0.717, 1.165) is 6.42 Å². The minimum absolute atomic E-state index is 0.996. The van der Waals surface area contributed by atoms with Crippen LogP contribution in [0, 0.1) is 0 Å². The predicted octanol–water partition coefficient (Wildman–Crippen LogP) is 0.681. The van der Waals surface area contributed by atoms with Gasteiger partial charge >= 0.3 is 0 Å². The van der Waals surface area contributed by atoms with Crippen molar-refractivity contribution in [2.45, 2.75) is 6.42 Å². The summed E-state index contributed by atoms with van der Waals surface area (Å²) in [5, 5.41) is 3.14. The van der Waals surface area contributed by atoms with E-state index < -0.39 is 0 Å². The highest BCUT2D eigenvalue weighted by Gasteiger charge is 2.11. The van der Waals surface area contributed by atoms with Crippen LogP contribution in [0.4, 0.5) is 0 Å². The molecular weight excluding hydrogens is 124 g/mol. The zero-order valence-corrected chi connectivity index (χ0v) is 5.54. The minimum Gasteiger partial charge on any atom is -0.361 e. The number of hydrogen-bond donors (Lipinski definition) is 1. The average Bonchev–Trinajstić information content (AvgIpc) is 2.05. The third-order valence-corrected chi connectivity index (χ3v) is 1.60. The second-order valence-corrected chi connectivity index (χ2v) is 2.28. The molecule has 2 heteroatoms. The van der Waals surface area contributed by atoms with Gasteiger partial charge in [-0.15, -0.1) is 0 Å². The smallest absolute Gasteiger partial charge is 0.247 e. The summed E-state index contributed by atoms with van der Waals surface area (Å²) in [6, 6.07) is 0. The van der Waals surface area contributed by atoms with Crippen molar-refractivity contribution in [1.29, 1.82) is 0 Å². The fourth-order valence-electron chi connectivity index (χ4n) is 1.07. The molecule has 1 N–H and O–H groups in total. The molecule has 0 unspecified atom stereocenters. The number of aliphatic imine (C=N–C) groups is 1. The lowest BCUT2D eigenvalue weighted by molar-refractivity contribution is 1.01. The summed E-state index contributed by atoms with van der Waals surface area (Å²) in [6.07, 6.45) is 10.7. The van der Waals surface area contributed by atoms with E-state index in [0.29, 0.717) is 0 Å². The molecule has 0 saturated carbocycles. The van der Waals surface area contributed by atoms with Gasteiger partial charge in [-0.25, -0.2) is 0 Å². The van der Waals surface area contributed by atoms with Crippen molar-refractivity contribution in [2.75, 3.05) is 0 Å². The number of allylic oxidation sites excluding steroid dienone is 3. The lowest BCUT2D eigenvalue weighted by Crippen LogP contribution is -2.14. The van der Waals surface area contributed by atoms with Crippen molar-refractivity contribution in [1.82, 2.24) is 10.3 Å². The van der Waals surface area contributed by atoms with Crippen molar-refractivity contribution in [3.05, 3.63) is 35.8 Å². The van der Waals surface area contributed by atoms with Crippen LogP contribution in [0.5, 0.6) is 0 Å². The Kier molecular flexibility index (Phi) is 1.17. The molecule has 0 aromatic rings. The molecule has 10 heavy (non-hydrogen) atoms. The van der Waals surface area contributed by atoms with Crippen molar-refractivity contribution in [3.63, 3.8) is 0 Å². The van der Waals surface area contributed by atoms with Crippen LogP contribution < -0.4 is 10.3 Å². The topological polar surface area (TPSA) is 26.1 Å². The molecule has 2 heterocycles. The number of dihydropyridines is 1. The van der Waals surface area contributed by atoms with Gasteiger partial charge in [0.2, 0.25) is 12.4 Å². The van der Waals surface area contributed by atoms with Crippen LogP contribution in [0.1, 0.15) is 6.42 Å². The monoisotopic (exact) mass is 132 g/mol. The van der Waals surface area contributed by atoms with Gasteiger partial charge in [0.25, 0.3) is 0 Å². The van der Waals surface area contributed by atoms with E-state index in [4.69, 9.17) is 0 Å². The second kappa shape index (κ2) is 2.14. The summed E-state index contributed by atoms with van der Waals surface area (Å²) in [6.45, 7) is 0. The zero-order chi connectivity index (χ0) is 6.81. The normalized spacial score (nSPS) is 20.8. The Morgan fingerprint density at radius 3 is 3.40 bits per heavy atom. The van der Waals surface area contributed by atoms with E-state index >= 15 is 0 Å². The molecule has 0 saturated heterocycles. The summed E-state index contributed by atoms with van der Waals surface area (Å²) in [7, 11) is 0. The number of hydrogen-bond acceptors (Lipinski definition) is 2. The SMILES string of the molecule is C1=CNC2=C(C=[N+]C=C2)C1. The quantitative estimate of drug-likeness (QED) is 0.515. The lowest BCUT2D eigenvalue weighted by atomic mass is 10.1. The van der Waals surface area contributed by atoms with Gasteiger partial charge in [-0.2, -0.15) is 0 Å². The first-order valence-electron chi connectivity index (χ1n) is 3.31. The largest absolute Gasteiger partial charge is 0.361 e. The van der Waals surface area contributed by atoms with Crippen LogP contribution in [-0.4, -0.2) is 6.21 Å². The fourth-order valence-corrected chi connectivity index (χ4v) is 1.07. The maximum atomic E-state index is 4.02. The lowest BCUT2D eigenvalue weighted by Gasteiger charge is -2.09. The molecule has 0 amide bonds. The Labute approximate surface area is 59.7 Å². The molecule has 2 rings (SSSR count). The first kappa shape index (κ1) is 5.47. The van der Waals surface area contributed by atoms with Crippen molar-refractivity contribution < 1.29 is 0 Å². The predicted molar refractivity (Wildman–Crippen MR) is 41.3 cm³/mol. The van der Waals surface area contributed by atoms with Crippen LogP contribution >= 0.6 is 0 Å². The van der Waals surface area contributed by atoms with Gasteiger partial charge in [-0.05, 0) is 6.20 Å². The summed E-state index contributed by atoms with van der Waals surface area (Å²) >= 11 is 0. The van der Waals surface area contributed by atoms with Gasteiger partial charge in [0.05, 0.1) is 16.3 Å². The molecule has 0 aliphatic carbocycles. The highest BCUT2D eigenvalue weighted by molar-refractivity contribution is 5.81. The molecule has 2 aliphatic rings. The Morgan fingerprint density at radius 1 is 1.50 bits per heavy atom. The molecule has 0 fully saturated rings. The van der Waals surface area contributed by atoms with E-state index in [1.165, 1.54) is 11.3 Å². The number of nitrogens with zero attached hydrogens (tertiary/aromatic N) is 1. The van der Waals surface area contributed by atoms with Gasteiger partial charge in [-0.1, -0.05) is 6.08 Å². The summed E-state index contributed by atoms with van der Waals surface area (Å²) in [5.41, 5.74) is 2.45. The summed E-state index contributed by atoms with van der Waals surface area (Å²) in [5.74, 6) is 0. The molecule has 0 bridgehead atoms. The maximum Gasteiger partial charge on any atom is 0.247 e. The molecule has 0 atom stereocenters. The van der Waals surface area contributed by atoms with Crippen LogP contribution in [0.3, 0.4) is 0 Å². The standard InChI is InChI=1S/C8H8N2/c1-2-7-6-9-5-3-8(7)10-4-1/h1,3-6,10H,2H2/q+1. The van der Waals surface area contributed by atoms with Crippen LogP contribution in [0.25, 0.3) is 0 Å². The van der Waals surface area contributed by atoms with E-state index in [2.05, 4.69) is 16.4 Å². The Hall–Kier alpha value is -1.31. The number of nitrogens with one attached hydrogen (secondary N) is 1. The first-order valence-corrected chi connectivity index (χ1v) is 3.31. The molecule has 2 aliphatic heterocycles. The molecule has 2 nitrogen and oxygen atoms in total. The third-order valence-electron chi connectivity index (χ3n) is 1.60. The van der Waals surface area contributed by atoms with Crippen molar-refractivity contribution in [2.24, 2.45) is 0 Å².